The van der Waals surface area contributed by atoms with Gasteiger partial charge in [-0.25, -0.2) is 0 Å². The minimum absolute atomic E-state index is 0.0129. The molecule has 1 aromatic heterocycles. The van der Waals surface area contributed by atoms with Gasteiger partial charge in [0.15, 0.2) is 0 Å². The number of nitrogens with zero attached hydrogens (tertiary/aromatic N) is 1. The van der Waals surface area contributed by atoms with E-state index < -0.39 is 0 Å². The molecule has 3 N–H and O–H groups in total. The van der Waals surface area contributed by atoms with Gasteiger partial charge in [0.05, 0.1) is 10.7 Å². The topological polar surface area (TPSA) is 68.0 Å². The van der Waals surface area contributed by atoms with Crippen LogP contribution in [0, 0.1) is 0 Å². The van der Waals surface area contributed by atoms with Crippen molar-refractivity contribution in [3.05, 3.63) is 46.7 Å². The maximum Gasteiger partial charge on any atom is 0.224 e. The summed E-state index contributed by atoms with van der Waals surface area (Å²) in [6, 6.07) is 5.91. The molecule has 5 heteroatoms. The predicted molar refractivity (Wildman–Crippen MR) is 79.5 cm³/mol. The monoisotopic (exact) mass is 287 g/mol. The number of halogens is 1. The van der Waals surface area contributed by atoms with Crippen molar-refractivity contribution in [3.63, 3.8) is 0 Å². The summed E-state index contributed by atoms with van der Waals surface area (Å²) in [5.41, 5.74) is 10.4. The zero-order chi connectivity index (χ0) is 14.1. The van der Waals surface area contributed by atoms with Gasteiger partial charge in [-0.1, -0.05) is 11.6 Å². The normalized spacial score (nSPS) is 13.8. The molecule has 4 nitrogen and oxygen atoms in total. The molecule has 0 saturated carbocycles. The summed E-state index contributed by atoms with van der Waals surface area (Å²) in [4.78, 5) is 15.6. The van der Waals surface area contributed by atoms with Crippen LogP contribution in [0.15, 0.2) is 30.6 Å². The Morgan fingerprint density at radius 2 is 2.05 bits per heavy atom. The second-order valence-electron chi connectivity index (χ2n) is 4.83. The zero-order valence-electron chi connectivity index (χ0n) is 10.8. The molecule has 102 valence electrons. The van der Waals surface area contributed by atoms with Gasteiger partial charge in [-0.05, 0) is 41.3 Å². The lowest BCUT2D eigenvalue weighted by Gasteiger charge is -2.19. The highest BCUT2D eigenvalue weighted by atomic mass is 35.5. The number of nitrogens with one attached hydrogen (secondary N) is 1. The Kier molecular flexibility index (Phi) is 3.42. The van der Waals surface area contributed by atoms with Gasteiger partial charge >= 0.3 is 0 Å². The Morgan fingerprint density at radius 3 is 2.85 bits per heavy atom. The van der Waals surface area contributed by atoms with Crippen molar-refractivity contribution in [1.29, 1.82) is 0 Å². The molecule has 3 rings (SSSR count). The van der Waals surface area contributed by atoms with Crippen LogP contribution >= 0.6 is 11.6 Å². The summed E-state index contributed by atoms with van der Waals surface area (Å²) < 4.78 is 0. The summed E-state index contributed by atoms with van der Waals surface area (Å²) in [5, 5.41) is 3.38. The molecule has 1 amide bonds. The third kappa shape index (κ3) is 2.40. The molecule has 0 bridgehead atoms. The number of anilines is 1. The second kappa shape index (κ2) is 5.23. The lowest BCUT2D eigenvalue weighted by atomic mass is 9.97. The van der Waals surface area contributed by atoms with Crippen molar-refractivity contribution in [1.82, 2.24) is 4.98 Å². The van der Waals surface area contributed by atoms with Gasteiger partial charge in [-0.2, -0.15) is 0 Å². The van der Waals surface area contributed by atoms with E-state index in [4.69, 9.17) is 17.3 Å². The van der Waals surface area contributed by atoms with E-state index in [9.17, 15) is 4.79 Å². The Morgan fingerprint density at radius 1 is 1.20 bits per heavy atom. The Labute approximate surface area is 122 Å². The van der Waals surface area contributed by atoms with E-state index in [0.717, 1.165) is 27.9 Å². The fraction of sp³-hybridized carbons (Fsp3) is 0.200. The number of fused-ring (bicyclic) bond motifs is 1. The fourth-order valence-electron chi connectivity index (χ4n) is 2.37. The zero-order valence-corrected chi connectivity index (χ0v) is 11.6. The first-order valence-corrected chi connectivity index (χ1v) is 6.82. The fourth-order valence-corrected chi connectivity index (χ4v) is 2.66. The number of aryl methyl sites for hydroxylation is 1. The van der Waals surface area contributed by atoms with Gasteiger partial charge in [-0.15, -0.1) is 0 Å². The predicted octanol–water partition coefficient (Wildman–Crippen LogP) is 2.75. The van der Waals surface area contributed by atoms with Crippen LogP contribution in [0.4, 0.5) is 5.69 Å². The first-order chi connectivity index (χ1) is 9.67. The average Bonchev–Trinajstić information content (AvgIpc) is 2.48. The second-order valence-corrected chi connectivity index (χ2v) is 5.23. The van der Waals surface area contributed by atoms with Crippen molar-refractivity contribution < 1.29 is 4.79 Å². The van der Waals surface area contributed by atoms with Crippen LogP contribution in [0.1, 0.15) is 17.5 Å². The van der Waals surface area contributed by atoms with Gasteiger partial charge in [0.1, 0.15) is 0 Å². The molecule has 0 atom stereocenters. The van der Waals surface area contributed by atoms with Crippen LogP contribution in [-0.4, -0.2) is 10.9 Å². The summed E-state index contributed by atoms with van der Waals surface area (Å²) in [7, 11) is 0. The van der Waals surface area contributed by atoms with Crippen LogP contribution < -0.4 is 11.1 Å². The molecule has 1 aliphatic heterocycles. The standard InChI is InChI=1S/C15H14ClN3O/c16-13-5-11(12-3-9(6-17)7-18-8-12)4-10-1-2-14(20)19-15(10)13/h3-5,7-8H,1-2,6,17H2,(H,19,20). The number of aromatic nitrogens is 1. The highest BCUT2D eigenvalue weighted by Gasteiger charge is 2.18. The van der Waals surface area contributed by atoms with E-state index in [1.54, 1.807) is 12.4 Å². The number of pyridine rings is 1. The average molecular weight is 288 g/mol. The van der Waals surface area contributed by atoms with Crippen LogP contribution in [0.25, 0.3) is 11.1 Å². The molecule has 1 aromatic carbocycles. The molecule has 2 heterocycles. The van der Waals surface area contributed by atoms with E-state index >= 15 is 0 Å². The number of rotatable bonds is 2. The molecule has 0 unspecified atom stereocenters. The van der Waals surface area contributed by atoms with Crippen LogP contribution in [0.3, 0.4) is 0 Å². The minimum Gasteiger partial charge on any atom is -0.326 e. The first kappa shape index (κ1) is 13.1. The number of carbonyl (C=O) groups excluding carboxylic acids is 1. The van der Waals surface area contributed by atoms with Gasteiger partial charge in [0.25, 0.3) is 0 Å². The van der Waals surface area contributed by atoms with E-state index in [-0.39, 0.29) is 5.91 Å². The number of benzene rings is 1. The largest absolute Gasteiger partial charge is 0.326 e. The van der Waals surface area contributed by atoms with Gasteiger partial charge in [-0.3, -0.25) is 9.78 Å². The number of hydrogen-bond donors (Lipinski definition) is 2. The summed E-state index contributed by atoms with van der Waals surface area (Å²) >= 11 is 6.28. The smallest absolute Gasteiger partial charge is 0.224 e. The van der Waals surface area contributed by atoms with Gasteiger partial charge < -0.3 is 11.1 Å². The molecule has 0 radical (unpaired) electrons. The van der Waals surface area contributed by atoms with Crippen LogP contribution in [0.5, 0.6) is 0 Å². The third-order valence-electron chi connectivity index (χ3n) is 3.42. The van der Waals surface area contributed by atoms with Crippen molar-refractivity contribution in [2.24, 2.45) is 5.73 Å². The number of carbonyl (C=O) groups is 1. The van der Waals surface area contributed by atoms with E-state index in [0.29, 0.717) is 24.4 Å². The molecule has 20 heavy (non-hydrogen) atoms. The molecule has 0 fully saturated rings. The number of nitrogens with two attached hydrogens (primary N) is 1. The van der Waals surface area contributed by atoms with Gasteiger partial charge in [0.2, 0.25) is 5.91 Å². The Hall–Kier alpha value is -1.91. The summed E-state index contributed by atoms with van der Waals surface area (Å²) in [6.07, 6.45) is 4.75. The Balaban J connectivity index is 2.07. The maximum atomic E-state index is 11.4. The quantitative estimate of drug-likeness (QED) is 0.892. The summed E-state index contributed by atoms with van der Waals surface area (Å²) in [6.45, 7) is 0.454. The van der Waals surface area contributed by atoms with E-state index in [1.165, 1.54) is 0 Å². The maximum absolute atomic E-state index is 11.4. The molecule has 0 saturated heterocycles. The van der Waals surface area contributed by atoms with E-state index in [1.807, 2.05) is 12.1 Å². The van der Waals surface area contributed by atoms with Crippen LogP contribution in [0.2, 0.25) is 5.02 Å². The highest BCUT2D eigenvalue weighted by Crippen LogP contribution is 2.35. The lowest BCUT2D eigenvalue weighted by Crippen LogP contribution is -2.19. The molecular formula is C15H14ClN3O. The summed E-state index contributed by atoms with van der Waals surface area (Å²) in [5.74, 6) is 0.0129. The molecular weight excluding hydrogens is 274 g/mol. The van der Waals surface area contributed by atoms with Crippen molar-refractivity contribution >= 4 is 23.2 Å². The Bertz CT molecular complexity index is 685. The van der Waals surface area contributed by atoms with Crippen molar-refractivity contribution in [2.75, 3.05) is 5.32 Å². The lowest BCUT2D eigenvalue weighted by molar-refractivity contribution is -0.116. The third-order valence-corrected chi connectivity index (χ3v) is 3.72. The SMILES string of the molecule is NCc1cncc(-c2cc(Cl)c3c(c2)CCC(=O)N3)c1. The first-order valence-electron chi connectivity index (χ1n) is 6.44. The molecule has 1 aliphatic rings. The van der Waals surface area contributed by atoms with Crippen LogP contribution in [-0.2, 0) is 17.8 Å². The highest BCUT2D eigenvalue weighted by molar-refractivity contribution is 6.34. The minimum atomic E-state index is 0.0129. The molecule has 2 aromatic rings. The molecule has 0 aliphatic carbocycles. The number of hydrogen-bond acceptors (Lipinski definition) is 3. The van der Waals surface area contributed by atoms with E-state index in [2.05, 4.69) is 16.4 Å². The molecule has 0 spiro atoms. The van der Waals surface area contributed by atoms with Crippen molar-refractivity contribution in [2.45, 2.75) is 19.4 Å². The van der Waals surface area contributed by atoms with Gasteiger partial charge in [0, 0.05) is 30.9 Å². The van der Waals surface area contributed by atoms with Crippen molar-refractivity contribution in [3.8, 4) is 11.1 Å². The number of amides is 1.